The molecular formula is C10H17Br2N3. The van der Waals surface area contributed by atoms with Crippen molar-refractivity contribution < 1.29 is 0 Å². The Kier molecular flexibility index (Phi) is 5.82. The van der Waals surface area contributed by atoms with Crippen molar-refractivity contribution in [1.29, 1.82) is 0 Å². The highest BCUT2D eigenvalue weighted by molar-refractivity contribution is 9.11. The Morgan fingerprint density at radius 2 is 2.07 bits per heavy atom. The Morgan fingerprint density at radius 3 is 2.53 bits per heavy atom. The smallest absolute Gasteiger partial charge is 0.218 e. The van der Waals surface area contributed by atoms with Crippen LogP contribution in [0.15, 0.2) is 9.47 Å². The van der Waals surface area contributed by atoms with Crippen LogP contribution in [0.3, 0.4) is 0 Å². The van der Waals surface area contributed by atoms with E-state index in [4.69, 9.17) is 0 Å². The lowest BCUT2D eigenvalue weighted by Crippen LogP contribution is -2.11. The molecule has 15 heavy (non-hydrogen) atoms. The Labute approximate surface area is 108 Å². The predicted octanol–water partition coefficient (Wildman–Crippen LogP) is 4.02. The summed E-state index contributed by atoms with van der Waals surface area (Å²) in [6.45, 7) is 5.42. The first-order valence-corrected chi connectivity index (χ1v) is 7.01. The van der Waals surface area contributed by atoms with Crippen molar-refractivity contribution in [3.63, 3.8) is 0 Å². The third kappa shape index (κ3) is 4.23. The normalized spacial score (nSPS) is 13.1. The van der Waals surface area contributed by atoms with Crippen molar-refractivity contribution in [2.24, 2.45) is 5.92 Å². The van der Waals surface area contributed by atoms with Crippen molar-refractivity contribution in [3.8, 4) is 0 Å². The number of hydrogen-bond donors (Lipinski definition) is 0. The van der Waals surface area contributed by atoms with Crippen LogP contribution in [-0.2, 0) is 6.54 Å². The minimum Gasteiger partial charge on any atom is -0.239 e. The molecule has 0 spiro atoms. The highest BCUT2D eigenvalue weighted by Gasteiger charge is 2.11. The largest absolute Gasteiger partial charge is 0.239 e. The van der Waals surface area contributed by atoms with Crippen molar-refractivity contribution in [3.05, 3.63) is 9.47 Å². The molecule has 3 nitrogen and oxygen atoms in total. The van der Waals surface area contributed by atoms with Gasteiger partial charge in [0.1, 0.15) is 0 Å². The highest BCUT2D eigenvalue weighted by atomic mass is 79.9. The quantitative estimate of drug-likeness (QED) is 0.784. The Bertz CT molecular complexity index is 299. The molecule has 0 aliphatic rings. The van der Waals surface area contributed by atoms with Gasteiger partial charge in [-0.3, -0.25) is 0 Å². The van der Waals surface area contributed by atoms with Gasteiger partial charge in [-0.05, 0) is 44.2 Å². The number of aromatic nitrogens is 3. The average molecular weight is 339 g/mol. The van der Waals surface area contributed by atoms with E-state index >= 15 is 0 Å². The van der Waals surface area contributed by atoms with Gasteiger partial charge in [-0.2, -0.15) is 4.98 Å². The van der Waals surface area contributed by atoms with Gasteiger partial charge in [0.05, 0.1) is 0 Å². The standard InChI is InChI=1S/C10H17Br2N3/c1-3-5-6-8(4-2)7-15-10(12)13-9(11)14-15/h8H,3-7H2,1-2H3/t8-/m0/s1. The van der Waals surface area contributed by atoms with E-state index in [1.54, 1.807) is 0 Å². The molecule has 86 valence electrons. The second-order valence-electron chi connectivity index (χ2n) is 3.75. The van der Waals surface area contributed by atoms with Crippen LogP contribution >= 0.6 is 31.9 Å². The molecule has 1 aromatic heterocycles. The van der Waals surface area contributed by atoms with Crippen molar-refractivity contribution >= 4 is 31.9 Å². The molecule has 0 fully saturated rings. The average Bonchev–Trinajstić information content (AvgIpc) is 2.52. The SMILES string of the molecule is CCCC[C@H](CC)Cn1nc(Br)nc1Br. The lowest BCUT2D eigenvalue weighted by molar-refractivity contribution is 0.367. The molecule has 0 radical (unpaired) electrons. The molecule has 0 N–H and O–H groups in total. The fraction of sp³-hybridized carbons (Fsp3) is 0.800. The van der Waals surface area contributed by atoms with Gasteiger partial charge in [-0.15, -0.1) is 5.10 Å². The van der Waals surface area contributed by atoms with Crippen LogP contribution in [0, 0.1) is 5.92 Å². The second-order valence-corrected chi connectivity index (χ2v) is 5.17. The van der Waals surface area contributed by atoms with Crippen LogP contribution in [0.5, 0.6) is 0 Å². The lowest BCUT2D eigenvalue weighted by Gasteiger charge is -2.14. The third-order valence-electron chi connectivity index (χ3n) is 2.58. The van der Waals surface area contributed by atoms with Crippen LogP contribution in [0.4, 0.5) is 0 Å². The fourth-order valence-electron chi connectivity index (χ4n) is 1.58. The van der Waals surface area contributed by atoms with E-state index < -0.39 is 0 Å². The van der Waals surface area contributed by atoms with Crippen LogP contribution in [0.25, 0.3) is 0 Å². The topological polar surface area (TPSA) is 30.7 Å². The van der Waals surface area contributed by atoms with E-state index in [0.29, 0.717) is 10.7 Å². The molecular weight excluding hydrogens is 322 g/mol. The van der Waals surface area contributed by atoms with Gasteiger partial charge in [-0.1, -0.05) is 33.1 Å². The lowest BCUT2D eigenvalue weighted by atomic mass is 10.00. The second kappa shape index (κ2) is 6.63. The third-order valence-corrected chi connectivity index (χ3v) is 3.50. The minimum absolute atomic E-state index is 0.653. The van der Waals surface area contributed by atoms with E-state index in [1.165, 1.54) is 25.7 Å². The monoisotopic (exact) mass is 337 g/mol. The molecule has 0 saturated heterocycles. The molecule has 1 atom stereocenters. The molecule has 0 amide bonds. The summed E-state index contributed by atoms with van der Waals surface area (Å²) < 4.78 is 3.39. The molecule has 0 saturated carbocycles. The molecule has 1 aromatic rings. The maximum absolute atomic E-state index is 4.28. The number of halogens is 2. The summed E-state index contributed by atoms with van der Waals surface area (Å²) in [7, 11) is 0. The van der Waals surface area contributed by atoms with Gasteiger partial charge < -0.3 is 0 Å². The van der Waals surface area contributed by atoms with E-state index in [-0.39, 0.29) is 0 Å². The first-order chi connectivity index (χ1) is 7.17. The van der Waals surface area contributed by atoms with Gasteiger partial charge in [0.25, 0.3) is 0 Å². The van der Waals surface area contributed by atoms with Gasteiger partial charge >= 0.3 is 0 Å². The van der Waals surface area contributed by atoms with Crippen LogP contribution in [0.1, 0.15) is 39.5 Å². The van der Waals surface area contributed by atoms with Crippen LogP contribution in [-0.4, -0.2) is 14.8 Å². The van der Waals surface area contributed by atoms with Gasteiger partial charge in [0, 0.05) is 6.54 Å². The molecule has 5 heteroatoms. The van der Waals surface area contributed by atoms with Crippen molar-refractivity contribution in [2.75, 3.05) is 0 Å². The minimum atomic E-state index is 0.653. The number of unbranched alkanes of at least 4 members (excludes halogenated alkanes) is 1. The molecule has 1 heterocycles. The Morgan fingerprint density at radius 1 is 1.33 bits per heavy atom. The van der Waals surface area contributed by atoms with E-state index in [2.05, 4.69) is 55.8 Å². The zero-order chi connectivity index (χ0) is 11.3. The maximum Gasteiger partial charge on any atom is 0.218 e. The zero-order valence-corrected chi connectivity index (χ0v) is 12.4. The number of nitrogens with zero attached hydrogens (tertiary/aromatic N) is 3. The van der Waals surface area contributed by atoms with Gasteiger partial charge in [0.15, 0.2) is 4.73 Å². The summed E-state index contributed by atoms with van der Waals surface area (Å²) in [4.78, 5) is 4.16. The fourth-order valence-corrected chi connectivity index (χ4v) is 2.56. The van der Waals surface area contributed by atoms with E-state index in [9.17, 15) is 0 Å². The van der Waals surface area contributed by atoms with Gasteiger partial charge in [0.2, 0.25) is 4.73 Å². The first kappa shape index (κ1) is 13.2. The summed E-state index contributed by atoms with van der Waals surface area (Å²) in [6.07, 6.45) is 5.03. The molecule has 0 bridgehead atoms. The molecule has 0 aromatic carbocycles. The van der Waals surface area contributed by atoms with Crippen molar-refractivity contribution in [2.45, 2.75) is 46.1 Å². The number of rotatable bonds is 6. The summed E-state index contributed by atoms with van der Waals surface area (Å²) >= 11 is 6.68. The summed E-state index contributed by atoms with van der Waals surface area (Å²) in [5, 5.41) is 4.28. The van der Waals surface area contributed by atoms with Crippen molar-refractivity contribution in [1.82, 2.24) is 14.8 Å². The summed E-state index contributed by atoms with van der Waals surface area (Å²) in [6, 6.07) is 0. The molecule has 0 aliphatic carbocycles. The maximum atomic E-state index is 4.28. The van der Waals surface area contributed by atoms with Crippen LogP contribution < -0.4 is 0 Å². The zero-order valence-electron chi connectivity index (χ0n) is 9.21. The van der Waals surface area contributed by atoms with Gasteiger partial charge in [-0.25, -0.2) is 4.68 Å². The predicted molar refractivity (Wildman–Crippen MR) is 68.7 cm³/mol. The summed E-state index contributed by atoms with van der Waals surface area (Å²) in [5.41, 5.74) is 0. The van der Waals surface area contributed by atoms with E-state index in [0.717, 1.165) is 11.3 Å². The summed E-state index contributed by atoms with van der Waals surface area (Å²) in [5.74, 6) is 0.704. The highest BCUT2D eigenvalue weighted by Crippen LogP contribution is 2.18. The van der Waals surface area contributed by atoms with Crippen LogP contribution in [0.2, 0.25) is 0 Å². The van der Waals surface area contributed by atoms with E-state index in [1.807, 2.05) is 4.68 Å². The Balaban J connectivity index is 2.54. The Hall–Kier alpha value is 0.1000. The number of hydrogen-bond acceptors (Lipinski definition) is 2. The molecule has 0 aliphatic heterocycles. The molecule has 0 unspecified atom stereocenters. The molecule has 1 rings (SSSR count). The first-order valence-electron chi connectivity index (χ1n) is 5.43.